The number of halogens is 6. The van der Waals surface area contributed by atoms with Crippen LogP contribution in [0.25, 0.3) is 0 Å². The molecule has 1 amide bonds. The predicted molar refractivity (Wildman–Crippen MR) is 73.7 cm³/mol. The first-order valence-corrected chi connectivity index (χ1v) is 6.86. The van der Waals surface area contributed by atoms with Crippen molar-refractivity contribution >= 4 is 11.9 Å². The zero-order valence-corrected chi connectivity index (χ0v) is 12.5. The maximum atomic E-state index is 12.2. The minimum absolute atomic E-state index is 0.127. The Morgan fingerprint density at radius 1 is 1.00 bits per heavy atom. The van der Waals surface area contributed by atoms with Gasteiger partial charge in [-0.3, -0.25) is 4.79 Å². The van der Waals surface area contributed by atoms with E-state index in [2.05, 4.69) is 5.32 Å². The van der Waals surface area contributed by atoms with Crippen LogP contribution in [-0.4, -0.2) is 48.5 Å². The fourth-order valence-electron chi connectivity index (χ4n) is 2.13. The van der Waals surface area contributed by atoms with Gasteiger partial charge < -0.3 is 15.7 Å². The quantitative estimate of drug-likeness (QED) is 0.695. The summed E-state index contributed by atoms with van der Waals surface area (Å²) in [6.07, 6.45) is -9.91. The molecule has 1 aromatic rings. The van der Waals surface area contributed by atoms with Gasteiger partial charge in [0.25, 0.3) is 0 Å². The highest BCUT2D eigenvalue weighted by atomic mass is 19.4. The van der Waals surface area contributed by atoms with E-state index in [1.54, 1.807) is 0 Å². The van der Waals surface area contributed by atoms with Gasteiger partial charge in [-0.1, -0.05) is 30.3 Å². The van der Waals surface area contributed by atoms with E-state index < -0.39 is 30.3 Å². The Morgan fingerprint density at radius 3 is 1.96 bits per heavy atom. The first-order chi connectivity index (χ1) is 11.4. The first kappa shape index (κ1) is 20.7. The summed E-state index contributed by atoms with van der Waals surface area (Å²) >= 11 is 0. The molecule has 1 saturated heterocycles. The van der Waals surface area contributed by atoms with E-state index in [4.69, 9.17) is 9.90 Å². The molecule has 1 fully saturated rings. The summed E-state index contributed by atoms with van der Waals surface area (Å²) in [5, 5.41) is 12.2. The molecule has 0 radical (unpaired) electrons. The standard InChI is InChI=1S/C12H13F3N2O.C2HF3O2/c13-12(14,15)11(18)17-10-7-16-6-9(10)8-4-2-1-3-5-8;3-2(4,5)1(6)7/h1-5,9-10,16H,6-7H2,(H,17,18);(H,6,7). The lowest BCUT2D eigenvalue weighted by Crippen LogP contribution is -2.46. The van der Waals surface area contributed by atoms with Crippen LogP contribution >= 0.6 is 0 Å². The first-order valence-electron chi connectivity index (χ1n) is 6.86. The zero-order valence-electron chi connectivity index (χ0n) is 12.5. The number of rotatable bonds is 2. The summed E-state index contributed by atoms with van der Waals surface area (Å²) in [6, 6.07) is 8.68. The highest BCUT2D eigenvalue weighted by molar-refractivity contribution is 5.82. The highest BCUT2D eigenvalue weighted by Gasteiger charge is 2.42. The Balaban J connectivity index is 0.000000381. The molecule has 0 aromatic heterocycles. The molecule has 1 aliphatic rings. The number of carbonyl (C=O) groups is 2. The van der Waals surface area contributed by atoms with Gasteiger partial charge >= 0.3 is 24.2 Å². The fraction of sp³-hybridized carbons (Fsp3) is 0.429. The third-order valence-electron chi connectivity index (χ3n) is 3.26. The van der Waals surface area contributed by atoms with Gasteiger partial charge in [0.05, 0.1) is 0 Å². The molecule has 0 saturated carbocycles. The van der Waals surface area contributed by atoms with E-state index in [-0.39, 0.29) is 5.92 Å². The molecule has 11 heteroatoms. The lowest BCUT2D eigenvalue weighted by Gasteiger charge is -2.21. The molecular weight excluding hydrogens is 358 g/mol. The molecule has 0 bridgehead atoms. The van der Waals surface area contributed by atoms with Crippen molar-refractivity contribution in [1.29, 1.82) is 0 Å². The van der Waals surface area contributed by atoms with Gasteiger partial charge in [0.15, 0.2) is 0 Å². The smallest absolute Gasteiger partial charge is 0.475 e. The van der Waals surface area contributed by atoms with E-state index in [0.29, 0.717) is 13.1 Å². The van der Waals surface area contributed by atoms with E-state index in [9.17, 15) is 31.1 Å². The fourth-order valence-corrected chi connectivity index (χ4v) is 2.13. The number of aliphatic carboxylic acids is 1. The van der Waals surface area contributed by atoms with Gasteiger partial charge in [0, 0.05) is 25.0 Å². The maximum absolute atomic E-state index is 12.2. The Labute approximate surface area is 138 Å². The number of hydrogen-bond acceptors (Lipinski definition) is 3. The molecule has 140 valence electrons. The molecule has 25 heavy (non-hydrogen) atoms. The number of carbonyl (C=O) groups excluding carboxylic acids is 1. The van der Waals surface area contributed by atoms with Crippen molar-refractivity contribution in [1.82, 2.24) is 10.6 Å². The Kier molecular flexibility index (Phi) is 6.79. The van der Waals surface area contributed by atoms with Crippen LogP contribution in [0.3, 0.4) is 0 Å². The van der Waals surface area contributed by atoms with E-state index in [1.807, 2.05) is 35.6 Å². The predicted octanol–water partition coefficient (Wildman–Crippen LogP) is 2.05. The minimum atomic E-state index is -5.08. The van der Waals surface area contributed by atoms with Crippen molar-refractivity contribution < 1.29 is 41.0 Å². The molecule has 1 aliphatic heterocycles. The second-order valence-corrected chi connectivity index (χ2v) is 5.06. The molecule has 3 N–H and O–H groups in total. The molecule has 1 aromatic carbocycles. The minimum Gasteiger partial charge on any atom is -0.475 e. The maximum Gasteiger partial charge on any atom is 0.490 e. The van der Waals surface area contributed by atoms with Crippen LogP contribution in [0.4, 0.5) is 26.3 Å². The van der Waals surface area contributed by atoms with Gasteiger partial charge in [-0.15, -0.1) is 0 Å². The number of nitrogens with one attached hydrogen (secondary N) is 2. The van der Waals surface area contributed by atoms with E-state index in [0.717, 1.165) is 5.56 Å². The summed E-state index contributed by atoms with van der Waals surface area (Å²) < 4.78 is 68.3. The van der Waals surface area contributed by atoms with Crippen LogP contribution in [-0.2, 0) is 9.59 Å². The largest absolute Gasteiger partial charge is 0.490 e. The van der Waals surface area contributed by atoms with Crippen LogP contribution < -0.4 is 10.6 Å². The van der Waals surface area contributed by atoms with Crippen LogP contribution in [0.5, 0.6) is 0 Å². The lowest BCUT2D eigenvalue weighted by molar-refractivity contribution is -0.192. The lowest BCUT2D eigenvalue weighted by atomic mass is 9.94. The van der Waals surface area contributed by atoms with Crippen LogP contribution in [0.2, 0.25) is 0 Å². The van der Waals surface area contributed by atoms with Crippen LogP contribution in [0.15, 0.2) is 30.3 Å². The molecular formula is C14H14F6N2O3. The normalized spacial score (nSPS) is 20.4. The second kappa shape index (κ2) is 8.19. The van der Waals surface area contributed by atoms with E-state index in [1.165, 1.54) is 0 Å². The topological polar surface area (TPSA) is 78.4 Å². The SMILES string of the molecule is O=C(NC1CNCC1c1ccccc1)C(F)(F)F.O=C(O)C(F)(F)F. The summed E-state index contributed by atoms with van der Waals surface area (Å²) in [5.41, 5.74) is 0.926. The average molecular weight is 372 g/mol. The number of carboxylic acids is 1. The monoisotopic (exact) mass is 372 g/mol. The van der Waals surface area contributed by atoms with Gasteiger partial charge in [0.2, 0.25) is 0 Å². The zero-order chi connectivity index (χ0) is 19.3. The second-order valence-electron chi connectivity index (χ2n) is 5.06. The summed E-state index contributed by atoms with van der Waals surface area (Å²) in [4.78, 5) is 19.8. The van der Waals surface area contributed by atoms with Crippen molar-refractivity contribution in [3.8, 4) is 0 Å². The van der Waals surface area contributed by atoms with Crippen molar-refractivity contribution in [2.75, 3.05) is 13.1 Å². The van der Waals surface area contributed by atoms with Gasteiger partial charge in [-0.05, 0) is 5.56 Å². The molecule has 2 unspecified atom stereocenters. The molecule has 5 nitrogen and oxygen atoms in total. The van der Waals surface area contributed by atoms with Crippen molar-refractivity contribution in [2.24, 2.45) is 0 Å². The van der Waals surface area contributed by atoms with Crippen LogP contribution in [0.1, 0.15) is 11.5 Å². The molecule has 2 atom stereocenters. The van der Waals surface area contributed by atoms with Crippen molar-refractivity contribution in [2.45, 2.75) is 24.3 Å². The van der Waals surface area contributed by atoms with Crippen molar-refractivity contribution in [3.05, 3.63) is 35.9 Å². The molecule has 0 aliphatic carbocycles. The van der Waals surface area contributed by atoms with Gasteiger partial charge in [0.1, 0.15) is 0 Å². The summed E-state index contributed by atoms with van der Waals surface area (Å²) in [7, 11) is 0. The number of alkyl halides is 6. The third-order valence-corrected chi connectivity index (χ3v) is 3.26. The third kappa shape index (κ3) is 6.61. The number of carboxylic acid groups (broad SMARTS) is 1. The van der Waals surface area contributed by atoms with Crippen LogP contribution in [0, 0.1) is 0 Å². The van der Waals surface area contributed by atoms with Gasteiger partial charge in [-0.25, -0.2) is 4.79 Å². The molecule has 0 spiro atoms. The average Bonchev–Trinajstić information content (AvgIpc) is 2.95. The number of hydrogen-bond donors (Lipinski definition) is 3. The summed E-state index contributed by atoms with van der Waals surface area (Å²) in [5.74, 6) is -4.76. The summed E-state index contributed by atoms with van der Waals surface area (Å²) in [6.45, 7) is 0.911. The molecule has 1 heterocycles. The number of benzene rings is 1. The number of amides is 1. The highest BCUT2D eigenvalue weighted by Crippen LogP contribution is 2.24. The van der Waals surface area contributed by atoms with Crippen molar-refractivity contribution in [3.63, 3.8) is 0 Å². The Bertz CT molecular complexity index is 588. The van der Waals surface area contributed by atoms with Gasteiger partial charge in [-0.2, -0.15) is 26.3 Å². The Hall–Kier alpha value is -2.30. The van der Waals surface area contributed by atoms with E-state index >= 15 is 0 Å². The Morgan fingerprint density at radius 2 is 1.52 bits per heavy atom. The molecule has 2 rings (SSSR count).